The Kier molecular flexibility index (Phi) is 7.82. The fraction of sp³-hybridized carbons (Fsp3) is 0.250. The second-order valence-corrected chi connectivity index (χ2v) is 6.41. The molecule has 0 spiro atoms. The molecular weight excluding hydrogens is 389 g/mol. The van der Waals surface area contributed by atoms with E-state index in [0.717, 1.165) is 11.1 Å². The maximum absolute atomic E-state index is 12.0. The Morgan fingerprint density at radius 3 is 2.26 bits per heavy atom. The molecular formula is C20H21Cl2NO4. The molecule has 0 fully saturated rings. The third-order valence-electron chi connectivity index (χ3n) is 3.82. The van der Waals surface area contributed by atoms with Gasteiger partial charge >= 0.3 is 0 Å². The van der Waals surface area contributed by atoms with E-state index in [-0.39, 0.29) is 5.91 Å². The normalized spacial score (nSPS) is 10.7. The SMILES string of the molecule is COc1cc(C=CC(=O)NCCc2ccc(Cl)cc2Cl)cc(OC)c1OC. The second-order valence-electron chi connectivity index (χ2n) is 5.57. The highest BCUT2D eigenvalue weighted by molar-refractivity contribution is 6.35. The molecule has 0 aromatic heterocycles. The summed E-state index contributed by atoms with van der Waals surface area (Å²) in [5, 5.41) is 3.99. The van der Waals surface area contributed by atoms with E-state index in [1.54, 1.807) is 44.6 Å². The lowest BCUT2D eigenvalue weighted by Gasteiger charge is -2.12. The van der Waals surface area contributed by atoms with Gasteiger partial charge in [0, 0.05) is 22.7 Å². The van der Waals surface area contributed by atoms with Crippen molar-refractivity contribution in [3.63, 3.8) is 0 Å². The molecule has 0 heterocycles. The van der Waals surface area contributed by atoms with Crippen molar-refractivity contribution >= 4 is 35.2 Å². The lowest BCUT2D eigenvalue weighted by molar-refractivity contribution is -0.116. The molecule has 2 aromatic rings. The highest BCUT2D eigenvalue weighted by atomic mass is 35.5. The van der Waals surface area contributed by atoms with Gasteiger partial charge in [0.25, 0.3) is 0 Å². The van der Waals surface area contributed by atoms with E-state index < -0.39 is 0 Å². The van der Waals surface area contributed by atoms with E-state index in [9.17, 15) is 4.79 Å². The number of hydrogen-bond acceptors (Lipinski definition) is 4. The number of carbonyl (C=O) groups excluding carboxylic acids is 1. The minimum atomic E-state index is -0.214. The quantitative estimate of drug-likeness (QED) is 0.656. The summed E-state index contributed by atoms with van der Waals surface area (Å²) < 4.78 is 15.9. The first-order valence-corrected chi connectivity index (χ1v) is 8.94. The summed E-state index contributed by atoms with van der Waals surface area (Å²) in [4.78, 5) is 12.0. The predicted octanol–water partition coefficient (Wildman–Crippen LogP) is 4.39. The summed E-state index contributed by atoms with van der Waals surface area (Å²) >= 11 is 12.0. The van der Waals surface area contributed by atoms with E-state index in [1.807, 2.05) is 6.07 Å². The summed E-state index contributed by atoms with van der Waals surface area (Å²) in [6.07, 6.45) is 3.74. The molecule has 0 saturated heterocycles. The highest BCUT2D eigenvalue weighted by Crippen LogP contribution is 2.38. The van der Waals surface area contributed by atoms with Gasteiger partial charge in [-0.25, -0.2) is 0 Å². The second kappa shape index (κ2) is 10.1. The van der Waals surface area contributed by atoms with Gasteiger partial charge in [-0.05, 0) is 47.9 Å². The van der Waals surface area contributed by atoms with Gasteiger partial charge in [0.05, 0.1) is 21.3 Å². The minimum absolute atomic E-state index is 0.214. The van der Waals surface area contributed by atoms with Crippen LogP contribution in [0, 0.1) is 0 Å². The van der Waals surface area contributed by atoms with Crippen LogP contribution in [0.3, 0.4) is 0 Å². The van der Waals surface area contributed by atoms with Gasteiger partial charge in [-0.15, -0.1) is 0 Å². The van der Waals surface area contributed by atoms with E-state index in [4.69, 9.17) is 37.4 Å². The van der Waals surface area contributed by atoms with Gasteiger partial charge in [0.15, 0.2) is 11.5 Å². The van der Waals surface area contributed by atoms with Crippen molar-refractivity contribution in [3.8, 4) is 17.2 Å². The summed E-state index contributed by atoms with van der Waals surface area (Å²) in [6.45, 7) is 0.458. The monoisotopic (exact) mass is 409 g/mol. The molecule has 27 heavy (non-hydrogen) atoms. The minimum Gasteiger partial charge on any atom is -0.493 e. The molecule has 7 heteroatoms. The van der Waals surface area contributed by atoms with Crippen LogP contribution in [0.5, 0.6) is 17.2 Å². The molecule has 0 bridgehead atoms. The molecule has 144 valence electrons. The van der Waals surface area contributed by atoms with Gasteiger partial charge in [-0.3, -0.25) is 4.79 Å². The third kappa shape index (κ3) is 5.81. The van der Waals surface area contributed by atoms with Crippen molar-refractivity contribution in [3.05, 3.63) is 57.6 Å². The summed E-state index contributed by atoms with van der Waals surface area (Å²) in [5.74, 6) is 1.33. The number of benzene rings is 2. The topological polar surface area (TPSA) is 56.8 Å². The molecule has 0 atom stereocenters. The molecule has 0 aliphatic rings. The van der Waals surface area contributed by atoms with Crippen molar-refractivity contribution in [1.82, 2.24) is 5.32 Å². The number of hydrogen-bond donors (Lipinski definition) is 1. The zero-order valence-corrected chi connectivity index (χ0v) is 16.9. The van der Waals surface area contributed by atoms with E-state index in [1.165, 1.54) is 13.2 Å². The van der Waals surface area contributed by atoms with Gasteiger partial charge in [-0.2, -0.15) is 0 Å². The summed E-state index contributed by atoms with van der Waals surface area (Å²) in [7, 11) is 4.62. The fourth-order valence-corrected chi connectivity index (χ4v) is 2.98. The Morgan fingerprint density at radius 1 is 1.04 bits per heavy atom. The van der Waals surface area contributed by atoms with Gasteiger partial charge in [0.1, 0.15) is 0 Å². The van der Waals surface area contributed by atoms with E-state index >= 15 is 0 Å². The number of carbonyl (C=O) groups is 1. The van der Waals surface area contributed by atoms with Gasteiger partial charge in [-0.1, -0.05) is 29.3 Å². The number of rotatable bonds is 8. The molecule has 0 radical (unpaired) electrons. The highest BCUT2D eigenvalue weighted by Gasteiger charge is 2.12. The Morgan fingerprint density at radius 2 is 1.70 bits per heavy atom. The molecule has 5 nitrogen and oxygen atoms in total. The summed E-state index contributed by atoms with van der Waals surface area (Å²) in [6, 6.07) is 8.83. The van der Waals surface area contributed by atoms with E-state index in [2.05, 4.69) is 5.32 Å². The maximum atomic E-state index is 12.0. The van der Waals surface area contributed by atoms with E-state index in [0.29, 0.717) is 40.3 Å². The van der Waals surface area contributed by atoms with Crippen LogP contribution in [-0.2, 0) is 11.2 Å². The lowest BCUT2D eigenvalue weighted by atomic mass is 10.1. The molecule has 2 rings (SSSR count). The average Bonchev–Trinajstić information content (AvgIpc) is 2.67. The van der Waals surface area contributed by atoms with Crippen LogP contribution in [-0.4, -0.2) is 33.8 Å². The first-order valence-electron chi connectivity index (χ1n) is 8.18. The standard InChI is InChI=1S/C20H21Cl2NO4/c1-25-17-10-13(11-18(26-2)20(17)27-3)4-7-19(24)23-9-8-14-5-6-15(21)12-16(14)22/h4-7,10-12H,8-9H2,1-3H3,(H,23,24). The Balaban J connectivity index is 1.98. The average molecular weight is 410 g/mol. The van der Waals surface area contributed by atoms with Gasteiger partial charge < -0.3 is 19.5 Å². The van der Waals surface area contributed by atoms with Crippen LogP contribution >= 0.6 is 23.2 Å². The molecule has 0 unspecified atom stereocenters. The first-order chi connectivity index (χ1) is 13.0. The molecule has 0 aliphatic carbocycles. The number of nitrogens with one attached hydrogen (secondary N) is 1. The molecule has 1 N–H and O–H groups in total. The van der Waals surface area contributed by atoms with Crippen molar-refractivity contribution in [2.45, 2.75) is 6.42 Å². The predicted molar refractivity (Wildman–Crippen MR) is 108 cm³/mol. The van der Waals surface area contributed by atoms with Crippen LogP contribution in [0.1, 0.15) is 11.1 Å². The van der Waals surface area contributed by atoms with Crippen LogP contribution in [0.2, 0.25) is 10.0 Å². The zero-order valence-electron chi connectivity index (χ0n) is 15.3. The van der Waals surface area contributed by atoms with Crippen LogP contribution in [0.15, 0.2) is 36.4 Å². The Labute approximate surface area is 168 Å². The Hall–Kier alpha value is -2.37. The van der Waals surface area contributed by atoms with Crippen molar-refractivity contribution in [1.29, 1.82) is 0 Å². The molecule has 0 saturated carbocycles. The molecule has 1 amide bonds. The van der Waals surface area contributed by atoms with Crippen LogP contribution in [0.4, 0.5) is 0 Å². The number of methoxy groups -OCH3 is 3. The van der Waals surface area contributed by atoms with Crippen LogP contribution < -0.4 is 19.5 Å². The maximum Gasteiger partial charge on any atom is 0.244 e. The van der Waals surface area contributed by atoms with Crippen molar-refractivity contribution < 1.29 is 19.0 Å². The van der Waals surface area contributed by atoms with Crippen molar-refractivity contribution in [2.75, 3.05) is 27.9 Å². The van der Waals surface area contributed by atoms with Crippen LogP contribution in [0.25, 0.3) is 6.08 Å². The number of amides is 1. The zero-order chi connectivity index (χ0) is 19.8. The third-order valence-corrected chi connectivity index (χ3v) is 4.41. The Bertz CT molecular complexity index is 812. The molecule has 2 aromatic carbocycles. The fourth-order valence-electron chi connectivity index (χ4n) is 2.47. The number of halogens is 2. The van der Waals surface area contributed by atoms with Gasteiger partial charge in [0.2, 0.25) is 11.7 Å². The molecule has 0 aliphatic heterocycles. The smallest absolute Gasteiger partial charge is 0.244 e. The first kappa shape index (κ1) is 20.9. The lowest BCUT2D eigenvalue weighted by Crippen LogP contribution is -2.23. The number of ether oxygens (including phenoxy) is 3. The summed E-state index contributed by atoms with van der Waals surface area (Å²) in [5.41, 5.74) is 1.68. The van der Waals surface area contributed by atoms with Crippen molar-refractivity contribution in [2.24, 2.45) is 0 Å². The largest absolute Gasteiger partial charge is 0.493 e.